The summed E-state index contributed by atoms with van der Waals surface area (Å²) in [6.07, 6.45) is 10.2. The summed E-state index contributed by atoms with van der Waals surface area (Å²) in [7, 11) is 4.26. The molecule has 1 fully saturated rings. The second-order valence-corrected chi connectivity index (χ2v) is 11.2. The molecule has 0 N–H and O–H groups in total. The van der Waals surface area contributed by atoms with Crippen LogP contribution in [0.5, 0.6) is 0 Å². The van der Waals surface area contributed by atoms with Crippen molar-refractivity contribution in [3.63, 3.8) is 0 Å². The predicted molar refractivity (Wildman–Crippen MR) is 155 cm³/mol. The first-order chi connectivity index (χ1) is 17.5. The van der Waals surface area contributed by atoms with Crippen molar-refractivity contribution in [2.45, 2.75) is 65.0 Å². The van der Waals surface area contributed by atoms with Gasteiger partial charge in [-0.15, -0.1) is 0 Å². The van der Waals surface area contributed by atoms with Gasteiger partial charge in [0, 0.05) is 29.7 Å². The predicted octanol–water partition coefficient (Wildman–Crippen LogP) is 7.52. The minimum absolute atomic E-state index is 0.666. The van der Waals surface area contributed by atoms with E-state index in [2.05, 4.69) is 103 Å². The molecule has 3 nitrogen and oxygen atoms in total. The Morgan fingerprint density at radius 2 is 1.69 bits per heavy atom. The topological polar surface area (TPSA) is 11.4 Å². The van der Waals surface area contributed by atoms with Crippen molar-refractivity contribution in [3.05, 3.63) is 83.0 Å². The highest BCUT2D eigenvalue weighted by Gasteiger charge is 2.27. The number of aryl methyl sites for hydroxylation is 4. The summed E-state index contributed by atoms with van der Waals surface area (Å²) < 4.78 is 2.39. The Kier molecular flexibility index (Phi) is 7.79. The highest BCUT2D eigenvalue weighted by Crippen LogP contribution is 2.39. The molecule has 1 aromatic heterocycles. The first-order valence-corrected chi connectivity index (χ1v) is 14.0. The van der Waals surface area contributed by atoms with Gasteiger partial charge in [-0.3, -0.25) is 4.90 Å². The van der Waals surface area contributed by atoms with Crippen LogP contribution < -0.4 is 0 Å². The van der Waals surface area contributed by atoms with E-state index in [1.165, 1.54) is 79.0 Å². The van der Waals surface area contributed by atoms with E-state index in [9.17, 15) is 0 Å². The number of likely N-dealkylation sites (tertiary alicyclic amines) is 1. The number of fused-ring (bicyclic) bond motifs is 1. The summed E-state index contributed by atoms with van der Waals surface area (Å²) >= 11 is 0. The number of hydrogen-bond donors (Lipinski definition) is 0. The molecule has 2 aliphatic rings. The van der Waals surface area contributed by atoms with Gasteiger partial charge in [0.15, 0.2) is 0 Å². The molecule has 6 rings (SSSR count). The summed E-state index contributed by atoms with van der Waals surface area (Å²) in [5.74, 6) is 0. The molecule has 0 radical (unpaired) electrons. The molecule has 1 aliphatic heterocycles. The van der Waals surface area contributed by atoms with E-state index < -0.39 is 0 Å². The second-order valence-electron chi connectivity index (χ2n) is 11.2. The monoisotopic (exact) mass is 481 g/mol. The SMILES string of the molecule is Cc1ccc2c(C)cn(CCCN(C)C)c2c1.c1cc2c3c(cccc3c1)C(N1CCCCC1)CC2. The molecule has 36 heavy (non-hydrogen) atoms. The van der Waals surface area contributed by atoms with Crippen LogP contribution in [0.1, 0.15) is 60.4 Å². The zero-order valence-electron chi connectivity index (χ0n) is 22.8. The molecule has 0 saturated carbocycles. The average Bonchev–Trinajstić information content (AvgIpc) is 3.19. The first-order valence-electron chi connectivity index (χ1n) is 14.0. The second kappa shape index (κ2) is 11.2. The molecule has 4 aromatic rings. The molecule has 3 heteroatoms. The Morgan fingerprint density at radius 1 is 0.917 bits per heavy atom. The van der Waals surface area contributed by atoms with Crippen molar-refractivity contribution in [3.8, 4) is 0 Å². The van der Waals surface area contributed by atoms with Crippen molar-refractivity contribution in [2.24, 2.45) is 0 Å². The Hall–Kier alpha value is -2.62. The van der Waals surface area contributed by atoms with Crippen molar-refractivity contribution in [2.75, 3.05) is 33.7 Å². The maximum Gasteiger partial charge on any atom is 0.0485 e. The zero-order chi connectivity index (χ0) is 25.1. The summed E-state index contributed by atoms with van der Waals surface area (Å²) in [4.78, 5) is 4.97. The van der Waals surface area contributed by atoms with Gasteiger partial charge < -0.3 is 9.47 Å². The van der Waals surface area contributed by atoms with E-state index in [1.807, 2.05) is 0 Å². The maximum atomic E-state index is 2.73. The third-order valence-corrected chi connectivity index (χ3v) is 8.14. The van der Waals surface area contributed by atoms with Gasteiger partial charge in [-0.25, -0.2) is 0 Å². The van der Waals surface area contributed by atoms with Gasteiger partial charge in [0.2, 0.25) is 0 Å². The van der Waals surface area contributed by atoms with Crippen LogP contribution in [-0.2, 0) is 13.0 Å². The van der Waals surface area contributed by atoms with E-state index in [0.29, 0.717) is 6.04 Å². The van der Waals surface area contributed by atoms with Crippen molar-refractivity contribution >= 4 is 21.7 Å². The van der Waals surface area contributed by atoms with Crippen LogP contribution in [-0.4, -0.2) is 48.1 Å². The van der Waals surface area contributed by atoms with E-state index in [0.717, 1.165) is 13.1 Å². The van der Waals surface area contributed by atoms with E-state index >= 15 is 0 Å². The molecule has 0 spiro atoms. The molecule has 0 bridgehead atoms. The van der Waals surface area contributed by atoms with Crippen LogP contribution in [0.15, 0.2) is 60.8 Å². The van der Waals surface area contributed by atoms with Crippen LogP contribution >= 0.6 is 0 Å². The van der Waals surface area contributed by atoms with E-state index in [4.69, 9.17) is 0 Å². The van der Waals surface area contributed by atoms with Crippen LogP contribution in [0.4, 0.5) is 0 Å². The molecular weight excluding hydrogens is 438 g/mol. The summed E-state index contributed by atoms with van der Waals surface area (Å²) in [6.45, 7) is 9.19. The minimum Gasteiger partial charge on any atom is -0.347 e. The van der Waals surface area contributed by atoms with Gasteiger partial charge in [-0.2, -0.15) is 0 Å². The zero-order valence-corrected chi connectivity index (χ0v) is 22.8. The Bertz CT molecular complexity index is 1300. The molecule has 3 aromatic carbocycles. The number of hydrogen-bond acceptors (Lipinski definition) is 2. The number of benzene rings is 3. The van der Waals surface area contributed by atoms with Gasteiger partial charge in [-0.1, -0.05) is 55.0 Å². The smallest absolute Gasteiger partial charge is 0.0485 e. The lowest BCUT2D eigenvalue weighted by Crippen LogP contribution is -2.35. The van der Waals surface area contributed by atoms with Crippen LogP contribution in [0.25, 0.3) is 21.7 Å². The molecule has 1 saturated heterocycles. The minimum atomic E-state index is 0.666. The highest BCUT2D eigenvalue weighted by atomic mass is 15.2. The van der Waals surface area contributed by atoms with Gasteiger partial charge in [0.05, 0.1) is 0 Å². The lowest BCUT2D eigenvalue weighted by Gasteiger charge is -2.38. The maximum absolute atomic E-state index is 2.73. The Morgan fingerprint density at radius 3 is 2.47 bits per heavy atom. The van der Waals surface area contributed by atoms with Gasteiger partial charge in [0.1, 0.15) is 0 Å². The summed E-state index contributed by atoms with van der Waals surface area (Å²) in [5, 5.41) is 4.36. The third-order valence-electron chi connectivity index (χ3n) is 8.14. The number of aromatic nitrogens is 1. The normalized spacial score (nSPS) is 18.0. The van der Waals surface area contributed by atoms with Crippen molar-refractivity contribution in [1.29, 1.82) is 0 Å². The molecule has 190 valence electrons. The van der Waals surface area contributed by atoms with Gasteiger partial charge in [0.25, 0.3) is 0 Å². The standard InChI is InChI=1S/C18H21N.C15H22N2/c1-2-12-19(13-3-1)17-11-10-15-7-4-6-14-8-5-9-16(17)18(14)15;1-12-6-7-14-13(2)11-17(15(14)10-12)9-5-8-16(3)4/h4-9,17H,1-3,10-13H2;6-7,10-11H,5,8-9H2,1-4H3. The molecular formula is C33H43N3. The fraction of sp³-hybridized carbons (Fsp3) is 0.455. The van der Waals surface area contributed by atoms with Gasteiger partial charge >= 0.3 is 0 Å². The Labute approximate surface area is 217 Å². The van der Waals surface area contributed by atoms with Crippen LogP contribution in [0.3, 0.4) is 0 Å². The fourth-order valence-corrected chi connectivity index (χ4v) is 6.32. The molecule has 1 aliphatic carbocycles. The highest BCUT2D eigenvalue weighted by molar-refractivity contribution is 5.90. The van der Waals surface area contributed by atoms with Crippen molar-refractivity contribution in [1.82, 2.24) is 14.4 Å². The summed E-state index contributed by atoms with van der Waals surface area (Å²) in [5.41, 5.74) is 7.23. The fourth-order valence-electron chi connectivity index (χ4n) is 6.32. The lowest BCUT2D eigenvalue weighted by molar-refractivity contribution is 0.155. The van der Waals surface area contributed by atoms with E-state index in [1.54, 1.807) is 16.5 Å². The van der Waals surface area contributed by atoms with Crippen molar-refractivity contribution < 1.29 is 0 Å². The molecule has 1 atom stereocenters. The third kappa shape index (κ3) is 5.38. The molecule has 0 amide bonds. The molecule has 2 heterocycles. The number of piperidine rings is 1. The number of nitrogens with zero attached hydrogens (tertiary/aromatic N) is 3. The van der Waals surface area contributed by atoms with E-state index in [-0.39, 0.29) is 0 Å². The van der Waals surface area contributed by atoms with Crippen LogP contribution in [0, 0.1) is 13.8 Å². The molecule has 1 unspecified atom stereocenters. The number of rotatable bonds is 5. The first kappa shape index (κ1) is 25.0. The lowest BCUT2D eigenvalue weighted by atomic mass is 9.84. The van der Waals surface area contributed by atoms with Gasteiger partial charge in [-0.05, 0) is 119 Å². The Balaban J connectivity index is 0.000000149. The summed E-state index contributed by atoms with van der Waals surface area (Å²) in [6, 6.07) is 21.1. The quantitative estimate of drug-likeness (QED) is 0.292. The average molecular weight is 482 g/mol. The largest absolute Gasteiger partial charge is 0.347 e. The van der Waals surface area contributed by atoms with Crippen LogP contribution in [0.2, 0.25) is 0 Å².